The maximum atomic E-state index is 11.7. The van der Waals surface area contributed by atoms with Gasteiger partial charge in [-0.3, -0.25) is 9.36 Å². The number of imidazole rings is 1. The highest BCUT2D eigenvalue weighted by molar-refractivity contribution is 7.99. The van der Waals surface area contributed by atoms with Crippen LogP contribution in [0.25, 0.3) is 16.9 Å². The van der Waals surface area contributed by atoms with Crippen molar-refractivity contribution in [3.63, 3.8) is 0 Å². The highest BCUT2D eigenvalue weighted by Gasteiger charge is 2.16. The second-order valence-electron chi connectivity index (χ2n) is 5.20. The second kappa shape index (κ2) is 8.23. The molecule has 2 aromatic carbocycles. The van der Waals surface area contributed by atoms with E-state index in [0.29, 0.717) is 16.8 Å². The Morgan fingerprint density at radius 3 is 2.72 bits per heavy atom. The summed E-state index contributed by atoms with van der Waals surface area (Å²) < 4.78 is 7.01. The van der Waals surface area contributed by atoms with E-state index in [9.17, 15) is 4.79 Å². The molecule has 0 N–H and O–H groups in total. The average molecular weight is 373 g/mol. The number of rotatable bonds is 6. The van der Waals surface area contributed by atoms with Crippen LogP contribution in [0.1, 0.15) is 6.92 Å². The Morgan fingerprint density at radius 2 is 2.00 bits per heavy atom. The molecule has 4 nitrogen and oxygen atoms in total. The van der Waals surface area contributed by atoms with Crippen molar-refractivity contribution in [2.75, 3.05) is 12.4 Å². The van der Waals surface area contributed by atoms with Crippen LogP contribution in [0, 0.1) is 0 Å². The summed E-state index contributed by atoms with van der Waals surface area (Å²) in [5.74, 6) is -0.0472. The first-order valence-corrected chi connectivity index (χ1v) is 9.23. The number of hydrogen-bond donors (Lipinski definition) is 0. The van der Waals surface area contributed by atoms with Crippen molar-refractivity contribution in [2.24, 2.45) is 0 Å². The molecule has 0 fully saturated rings. The molecule has 0 saturated heterocycles. The molecule has 1 aromatic heterocycles. The zero-order chi connectivity index (χ0) is 17.6. The number of thioether (sulfide) groups is 1. The number of esters is 1. The van der Waals surface area contributed by atoms with Gasteiger partial charge >= 0.3 is 5.97 Å². The summed E-state index contributed by atoms with van der Waals surface area (Å²) in [5, 5.41) is 1.36. The van der Waals surface area contributed by atoms with E-state index in [-0.39, 0.29) is 11.7 Å². The van der Waals surface area contributed by atoms with Gasteiger partial charge in [0.2, 0.25) is 0 Å². The van der Waals surface area contributed by atoms with E-state index >= 15 is 0 Å². The van der Waals surface area contributed by atoms with Crippen LogP contribution in [-0.2, 0) is 9.53 Å². The number of hydrogen-bond acceptors (Lipinski definition) is 4. The van der Waals surface area contributed by atoms with Crippen LogP contribution in [0.15, 0.2) is 66.0 Å². The van der Waals surface area contributed by atoms with E-state index in [1.807, 2.05) is 65.4 Å². The molecule has 6 heteroatoms. The Kier molecular flexibility index (Phi) is 5.79. The fraction of sp³-hybridized carbons (Fsp3) is 0.158. The van der Waals surface area contributed by atoms with Gasteiger partial charge in [-0.1, -0.05) is 59.8 Å². The average Bonchev–Trinajstić information content (AvgIpc) is 3.05. The van der Waals surface area contributed by atoms with Gasteiger partial charge in [0.05, 0.1) is 24.3 Å². The summed E-state index contributed by atoms with van der Waals surface area (Å²) in [5.41, 5.74) is 2.88. The minimum Gasteiger partial charge on any atom is -0.465 e. The first-order valence-electron chi connectivity index (χ1n) is 7.86. The quantitative estimate of drug-likeness (QED) is 0.458. The molecule has 0 amide bonds. The van der Waals surface area contributed by atoms with Crippen molar-refractivity contribution in [1.82, 2.24) is 9.55 Å². The van der Waals surface area contributed by atoms with E-state index < -0.39 is 0 Å². The third kappa shape index (κ3) is 4.24. The van der Waals surface area contributed by atoms with Gasteiger partial charge in [-0.2, -0.15) is 0 Å². The number of nitrogens with zero attached hydrogens (tertiary/aromatic N) is 2. The van der Waals surface area contributed by atoms with Crippen LogP contribution in [-0.4, -0.2) is 27.9 Å². The number of ether oxygens (including phenoxy) is 1. The molecule has 0 atom stereocenters. The molecule has 128 valence electrons. The third-order valence-electron chi connectivity index (χ3n) is 3.49. The molecule has 0 unspecified atom stereocenters. The van der Waals surface area contributed by atoms with Crippen molar-refractivity contribution in [3.05, 3.63) is 65.8 Å². The Labute approximate surface area is 155 Å². The molecule has 0 spiro atoms. The van der Waals surface area contributed by atoms with Crippen LogP contribution in [0.3, 0.4) is 0 Å². The van der Waals surface area contributed by atoms with Gasteiger partial charge in [0.1, 0.15) is 0 Å². The fourth-order valence-corrected chi connectivity index (χ4v) is 3.42. The molecule has 1 heterocycles. The first kappa shape index (κ1) is 17.6. The number of halogens is 1. The summed E-state index contributed by atoms with van der Waals surface area (Å²) >= 11 is 7.51. The first-order chi connectivity index (χ1) is 12.2. The number of carbonyl (C=O) groups excluding carboxylic acids is 1. The molecular formula is C19H17ClN2O2S. The lowest BCUT2D eigenvalue weighted by atomic mass is 10.1. The van der Waals surface area contributed by atoms with E-state index in [1.54, 1.807) is 6.92 Å². The topological polar surface area (TPSA) is 44.1 Å². The van der Waals surface area contributed by atoms with E-state index in [1.165, 1.54) is 11.8 Å². The van der Waals surface area contributed by atoms with Gasteiger partial charge in [0, 0.05) is 16.3 Å². The van der Waals surface area contributed by atoms with Crippen LogP contribution in [0.5, 0.6) is 0 Å². The highest BCUT2D eigenvalue weighted by Crippen LogP contribution is 2.30. The van der Waals surface area contributed by atoms with E-state index in [0.717, 1.165) is 16.9 Å². The molecule has 0 radical (unpaired) electrons. The van der Waals surface area contributed by atoms with E-state index in [2.05, 4.69) is 4.98 Å². The molecule has 0 saturated carbocycles. The van der Waals surface area contributed by atoms with Crippen molar-refractivity contribution < 1.29 is 9.53 Å². The lowest BCUT2D eigenvalue weighted by Crippen LogP contribution is -2.08. The molecule has 0 bridgehead atoms. The van der Waals surface area contributed by atoms with Gasteiger partial charge in [0.25, 0.3) is 0 Å². The maximum Gasteiger partial charge on any atom is 0.316 e. The number of benzene rings is 2. The highest BCUT2D eigenvalue weighted by atomic mass is 35.5. The standard InChI is InChI=1S/C19H17ClN2O2S/c1-2-24-18(23)13-25-19-21-12-17(14-7-4-3-5-8-14)22(19)16-10-6-9-15(20)11-16/h3-12H,2,13H2,1H3. The third-order valence-corrected chi connectivity index (χ3v) is 4.65. The molecule has 3 aromatic rings. The van der Waals surface area contributed by atoms with Crippen molar-refractivity contribution >= 4 is 29.3 Å². The Balaban J connectivity index is 2.01. The minimum absolute atomic E-state index is 0.208. The van der Waals surface area contributed by atoms with Crippen molar-refractivity contribution in [1.29, 1.82) is 0 Å². The molecule has 0 aliphatic carbocycles. The van der Waals surface area contributed by atoms with Gasteiger partial charge in [-0.25, -0.2) is 4.98 Å². The summed E-state index contributed by atoms with van der Waals surface area (Å²) in [7, 11) is 0. The van der Waals surface area contributed by atoms with Crippen LogP contribution >= 0.6 is 23.4 Å². The van der Waals surface area contributed by atoms with Crippen LogP contribution < -0.4 is 0 Å². The number of aromatic nitrogens is 2. The van der Waals surface area contributed by atoms with Crippen LogP contribution in [0.2, 0.25) is 5.02 Å². The predicted octanol–water partition coefficient (Wildman–Crippen LogP) is 4.85. The van der Waals surface area contributed by atoms with Gasteiger partial charge < -0.3 is 4.74 Å². The number of carbonyl (C=O) groups is 1. The largest absolute Gasteiger partial charge is 0.465 e. The second-order valence-corrected chi connectivity index (χ2v) is 6.58. The Bertz CT molecular complexity index is 865. The van der Waals surface area contributed by atoms with Crippen molar-refractivity contribution in [3.8, 4) is 16.9 Å². The van der Waals surface area contributed by atoms with Crippen molar-refractivity contribution in [2.45, 2.75) is 12.1 Å². The van der Waals surface area contributed by atoms with Gasteiger partial charge in [-0.05, 0) is 25.1 Å². The lowest BCUT2D eigenvalue weighted by molar-refractivity contribution is -0.139. The monoisotopic (exact) mass is 372 g/mol. The summed E-state index contributed by atoms with van der Waals surface area (Å²) in [6, 6.07) is 17.6. The Morgan fingerprint density at radius 1 is 1.20 bits per heavy atom. The summed E-state index contributed by atoms with van der Waals surface area (Å²) in [6.07, 6.45) is 1.81. The van der Waals surface area contributed by atoms with Gasteiger partial charge in [-0.15, -0.1) is 0 Å². The zero-order valence-electron chi connectivity index (χ0n) is 13.7. The van der Waals surface area contributed by atoms with Crippen LogP contribution in [0.4, 0.5) is 0 Å². The Hall–Kier alpha value is -2.24. The molecule has 0 aliphatic heterocycles. The lowest BCUT2D eigenvalue weighted by Gasteiger charge is -2.12. The smallest absolute Gasteiger partial charge is 0.316 e. The molecule has 25 heavy (non-hydrogen) atoms. The normalized spacial score (nSPS) is 10.6. The SMILES string of the molecule is CCOC(=O)CSc1ncc(-c2ccccc2)n1-c1cccc(Cl)c1. The summed E-state index contributed by atoms with van der Waals surface area (Å²) in [4.78, 5) is 16.2. The van der Waals surface area contributed by atoms with Gasteiger partial charge in [0.15, 0.2) is 5.16 Å². The molecule has 3 rings (SSSR count). The molecule has 0 aliphatic rings. The fourth-order valence-electron chi connectivity index (χ4n) is 2.44. The van der Waals surface area contributed by atoms with E-state index in [4.69, 9.17) is 16.3 Å². The summed E-state index contributed by atoms with van der Waals surface area (Å²) in [6.45, 7) is 2.17. The minimum atomic E-state index is -0.255. The maximum absolute atomic E-state index is 11.7. The zero-order valence-corrected chi connectivity index (χ0v) is 15.3. The molecular weight excluding hydrogens is 356 g/mol. The predicted molar refractivity (Wildman–Crippen MR) is 101 cm³/mol.